The number of carbonyl (C=O) groups is 3. The van der Waals surface area contributed by atoms with E-state index in [1.807, 2.05) is 19.1 Å². The van der Waals surface area contributed by atoms with Crippen molar-refractivity contribution in [1.29, 1.82) is 0 Å². The molecule has 1 aromatic rings. The predicted molar refractivity (Wildman–Crippen MR) is 102 cm³/mol. The summed E-state index contributed by atoms with van der Waals surface area (Å²) in [5, 5.41) is 19.7. The number of carbonyl (C=O) groups excluding carboxylic acids is 2. The quantitative estimate of drug-likeness (QED) is 0.648. The minimum absolute atomic E-state index is 0.0666. The molecule has 0 aliphatic heterocycles. The van der Waals surface area contributed by atoms with E-state index in [-0.39, 0.29) is 35.4 Å². The molecule has 8 heteroatoms. The lowest BCUT2D eigenvalue weighted by Crippen LogP contribution is -2.37. The molecule has 1 aromatic heterocycles. The molecule has 2 bridgehead atoms. The van der Waals surface area contributed by atoms with Crippen molar-refractivity contribution in [3.8, 4) is 0 Å². The van der Waals surface area contributed by atoms with Gasteiger partial charge in [-0.05, 0) is 38.0 Å². The van der Waals surface area contributed by atoms with Crippen molar-refractivity contribution in [3.05, 3.63) is 24.0 Å². The summed E-state index contributed by atoms with van der Waals surface area (Å²) >= 11 is 0. The zero-order valence-corrected chi connectivity index (χ0v) is 15.9. The van der Waals surface area contributed by atoms with E-state index in [9.17, 15) is 19.5 Å². The lowest BCUT2D eigenvalue weighted by Gasteiger charge is -2.23. The smallest absolute Gasteiger partial charge is 0.307 e. The molecule has 4 atom stereocenters. The Hall–Kier alpha value is -2.64. The number of carboxylic acid groups (broad SMARTS) is 1. The van der Waals surface area contributed by atoms with E-state index < -0.39 is 17.8 Å². The van der Waals surface area contributed by atoms with Gasteiger partial charge in [0, 0.05) is 18.8 Å². The maximum Gasteiger partial charge on any atom is 0.307 e. The van der Waals surface area contributed by atoms with Gasteiger partial charge < -0.3 is 15.7 Å². The van der Waals surface area contributed by atoms with E-state index in [0.29, 0.717) is 18.7 Å². The van der Waals surface area contributed by atoms with Crippen LogP contribution in [0.4, 0.5) is 5.69 Å². The van der Waals surface area contributed by atoms with Crippen LogP contribution in [0.1, 0.15) is 49.5 Å². The molecule has 1 heterocycles. The van der Waals surface area contributed by atoms with Crippen LogP contribution in [0, 0.1) is 23.7 Å². The number of allylic oxidation sites excluding steroid dienone is 2. The molecule has 0 radical (unpaired) electrons. The van der Waals surface area contributed by atoms with Crippen LogP contribution < -0.4 is 10.6 Å². The molecule has 28 heavy (non-hydrogen) atoms. The molecule has 2 amide bonds. The van der Waals surface area contributed by atoms with Crippen LogP contribution in [0.2, 0.25) is 0 Å². The van der Waals surface area contributed by atoms with Crippen LogP contribution in [0.3, 0.4) is 0 Å². The van der Waals surface area contributed by atoms with Gasteiger partial charge in [0.25, 0.3) is 5.91 Å². The van der Waals surface area contributed by atoms with Crippen LogP contribution in [0.15, 0.2) is 18.3 Å². The Morgan fingerprint density at radius 3 is 2.50 bits per heavy atom. The number of rotatable bonds is 6. The van der Waals surface area contributed by atoms with Gasteiger partial charge in [0.15, 0.2) is 5.69 Å². The van der Waals surface area contributed by atoms with Crippen LogP contribution in [-0.2, 0) is 16.1 Å². The topological polar surface area (TPSA) is 113 Å². The molecule has 0 saturated heterocycles. The number of fused-ring (bicyclic) bond motifs is 2. The molecule has 150 valence electrons. The Morgan fingerprint density at radius 1 is 1.18 bits per heavy atom. The standard InChI is InChI=1S/C20H26N4O4/c1-2-24-10-14(17(23-24)19(26)21-13-5-3-4-6-13)22-18(25)15-11-7-8-12(9-11)16(15)20(27)28/h7-8,10-13,15-16H,2-6,9H2,1H3,(H,21,26)(H,22,25)(H,27,28). The van der Waals surface area contributed by atoms with Gasteiger partial charge in [-0.1, -0.05) is 25.0 Å². The minimum atomic E-state index is -0.944. The zero-order valence-electron chi connectivity index (χ0n) is 15.9. The van der Waals surface area contributed by atoms with Gasteiger partial charge in [0.1, 0.15) is 0 Å². The molecule has 4 rings (SSSR count). The summed E-state index contributed by atoms with van der Waals surface area (Å²) in [6, 6.07) is 0.148. The summed E-state index contributed by atoms with van der Waals surface area (Å²) in [6.45, 7) is 2.46. The second kappa shape index (κ2) is 7.41. The summed E-state index contributed by atoms with van der Waals surface area (Å²) in [4.78, 5) is 37.4. The lowest BCUT2D eigenvalue weighted by molar-refractivity contribution is -0.146. The highest BCUT2D eigenvalue weighted by molar-refractivity contribution is 6.03. The highest BCUT2D eigenvalue weighted by atomic mass is 16.4. The highest BCUT2D eigenvalue weighted by Gasteiger charge is 2.51. The Balaban J connectivity index is 1.53. The van der Waals surface area contributed by atoms with Gasteiger partial charge in [-0.2, -0.15) is 5.10 Å². The van der Waals surface area contributed by atoms with Gasteiger partial charge in [-0.3, -0.25) is 19.1 Å². The Labute approximate surface area is 163 Å². The fraction of sp³-hybridized carbons (Fsp3) is 0.600. The van der Waals surface area contributed by atoms with Crippen molar-refractivity contribution >= 4 is 23.5 Å². The third-order valence-electron chi connectivity index (χ3n) is 6.30. The van der Waals surface area contributed by atoms with Gasteiger partial charge in [0.05, 0.1) is 17.5 Å². The number of carboxylic acids is 1. The molecule has 3 aliphatic carbocycles. The molecule has 3 aliphatic rings. The summed E-state index contributed by atoms with van der Waals surface area (Å²) in [7, 11) is 0. The zero-order chi connectivity index (χ0) is 19.8. The fourth-order valence-corrected chi connectivity index (χ4v) is 4.90. The molecule has 8 nitrogen and oxygen atoms in total. The summed E-state index contributed by atoms with van der Waals surface area (Å²) in [6.07, 6.45) is 10.3. The largest absolute Gasteiger partial charge is 0.481 e. The molecular formula is C20H26N4O4. The number of hydrogen-bond donors (Lipinski definition) is 3. The average Bonchev–Trinajstić information content (AvgIpc) is 3.44. The number of anilines is 1. The van der Waals surface area contributed by atoms with Crippen LogP contribution in [0.5, 0.6) is 0 Å². The van der Waals surface area contributed by atoms with Crippen molar-refractivity contribution in [3.63, 3.8) is 0 Å². The lowest BCUT2D eigenvalue weighted by atomic mass is 9.82. The van der Waals surface area contributed by atoms with E-state index in [0.717, 1.165) is 25.7 Å². The first-order valence-electron chi connectivity index (χ1n) is 10.1. The van der Waals surface area contributed by atoms with E-state index in [1.54, 1.807) is 10.9 Å². The third-order valence-corrected chi connectivity index (χ3v) is 6.30. The maximum atomic E-state index is 13.0. The Kier molecular flexibility index (Phi) is 4.95. The van der Waals surface area contributed by atoms with Crippen LogP contribution in [0.25, 0.3) is 0 Å². The molecule has 2 fully saturated rings. The highest BCUT2D eigenvalue weighted by Crippen LogP contribution is 2.48. The van der Waals surface area contributed by atoms with Gasteiger partial charge in [-0.25, -0.2) is 0 Å². The van der Waals surface area contributed by atoms with Gasteiger partial charge in [-0.15, -0.1) is 0 Å². The monoisotopic (exact) mass is 386 g/mol. The summed E-state index contributed by atoms with van der Waals surface area (Å²) in [5.74, 6) is -3.09. The normalized spacial score (nSPS) is 28.6. The molecule has 0 aromatic carbocycles. The van der Waals surface area contributed by atoms with Crippen molar-refractivity contribution in [1.82, 2.24) is 15.1 Å². The van der Waals surface area contributed by atoms with Crippen molar-refractivity contribution in [2.45, 2.75) is 51.6 Å². The van der Waals surface area contributed by atoms with E-state index in [4.69, 9.17) is 0 Å². The Morgan fingerprint density at radius 2 is 1.86 bits per heavy atom. The Bertz CT molecular complexity index is 824. The van der Waals surface area contributed by atoms with Crippen molar-refractivity contribution in [2.24, 2.45) is 23.7 Å². The predicted octanol–water partition coefficient (Wildman–Crippen LogP) is 2.04. The minimum Gasteiger partial charge on any atom is -0.481 e. The van der Waals surface area contributed by atoms with Crippen molar-refractivity contribution < 1.29 is 19.5 Å². The fourth-order valence-electron chi connectivity index (χ4n) is 4.90. The molecule has 3 N–H and O–H groups in total. The molecular weight excluding hydrogens is 360 g/mol. The molecule has 2 saturated carbocycles. The third kappa shape index (κ3) is 3.31. The van der Waals surface area contributed by atoms with Gasteiger partial charge in [0.2, 0.25) is 5.91 Å². The van der Waals surface area contributed by atoms with E-state index >= 15 is 0 Å². The van der Waals surface area contributed by atoms with E-state index in [1.165, 1.54) is 0 Å². The van der Waals surface area contributed by atoms with Crippen LogP contribution in [-0.4, -0.2) is 38.7 Å². The first-order chi connectivity index (χ1) is 13.5. The number of aromatic nitrogens is 2. The summed E-state index contributed by atoms with van der Waals surface area (Å²) < 4.78 is 1.61. The average molecular weight is 386 g/mol. The molecule has 4 unspecified atom stereocenters. The first kappa shape index (κ1) is 18.7. The molecule has 0 spiro atoms. The SMILES string of the molecule is CCn1cc(NC(=O)C2C3C=CC(C3)C2C(=O)O)c(C(=O)NC2CCCC2)n1. The van der Waals surface area contributed by atoms with Crippen molar-refractivity contribution in [2.75, 3.05) is 5.32 Å². The first-order valence-corrected chi connectivity index (χ1v) is 10.1. The van der Waals surface area contributed by atoms with E-state index in [2.05, 4.69) is 15.7 Å². The number of nitrogens with one attached hydrogen (secondary N) is 2. The number of aryl methyl sites for hydroxylation is 1. The number of amides is 2. The second-order valence-corrected chi connectivity index (χ2v) is 8.03. The maximum absolute atomic E-state index is 13.0. The summed E-state index contributed by atoms with van der Waals surface area (Å²) in [5.41, 5.74) is 0.533. The number of nitrogens with zero attached hydrogens (tertiary/aromatic N) is 2. The number of aliphatic carboxylic acids is 1. The number of hydrogen-bond acceptors (Lipinski definition) is 4. The van der Waals surface area contributed by atoms with Gasteiger partial charge >= 0.3 is 5.97 Å². The second-order valence-electron chi connectivity index (χ2n) is 8.03. The van der Waals surface area contributed by atoms with Crippen LogP contribution >= 0.6 is 0 Å².